The number of fused-ring (bicyclic) bond motifs is 1. The summed E-state index contributed by atoms with van der Waals surface area (Å²) in [5.74, 6) is 0.157. The van der Waals surface area contributed by atoms with Crippen molar-refractivity contribution in [3.8, 4) is 5.75 Å². The Kier molecular flexibility index (Phi) is 6.82. The second kappa shape index (κ2) is 9.33. The van der Waals surface area contributed by atoms with Crippen molar-refractivity contribution in [3.63, 3.8) is 0 Å². The maximum atomic E-state index is 13.3. The topological polar surface area (TPSA) is 46.9 Å². The van der Waals surface area contributed by atoms with Gasteiger partial charge in [0.1, 0.15) is 17.1 Å². The van der Waals surface area contributed by atoms with Crippen molar-refractivity contribution in [3.05, 3.63) is 53.3 Å². The number of rotatable bonds is 8. The number of methoxy groups -OCH3 is 1. The standard InChI is InChI=1S/C22H26FN3O2S/c1-5-25(6-2)13-14-26(21(27)16-8-10-17(23)11-9-16)22-24-19-18(28-4)12-7-15(3)20(19)29-22/h7-12H,5-6,13-14H2,1-4H3/p+1. The van der Waals surface area contributed by atoms with Crippen molar-refractivity contribution in [1.29, 1.82) is 0 Å². The summed E-state index contributed by atoms with van der Waals surface area (Å²) in [5, 5.41) is 0.633. The average molecular weight is 417 g/mol. The molecule has 0 aliphatic rings. The van der Waals surface area contributed by atoms with Gasteiger partial charge in [-0.1, -0.05) is 17.4 Å². The van der Waals surface area contributed by atoms with Crippen LogP contribution < -0.4 is 14.5 Å². The number of nitrogens with zero attached hydrogens (tertiary/aromatic N) is 2. The third kappa shape index (κ3) is 4.57. The molecule has 154 valence electrons. The van der Waals surface area contributed by atoms with Crippen LogP contribution >= 0.6 is 11.3 Å². The van der Waals surface area contributed by atoms with Crippen LogP contribution in [0, 0.1) is 12.7 Å². The van der Waals surface area contributed by atoms with Gasteiger partial charge in [0.05, 0.1) is 38.0 Å². The monoisotopic (exact) mass is 416 g/mol. The number of ether oxygens (including phenoxy) is 1. The molecule has 0 aliphatic heterocycles. The molecule has 0 unspecified atom stereocenters. The molecule has 1 amide bonds. The Morgan fingerprint density at radius 1 is 1.17 bits per heavy atom. The highest BCUT2D eigenvalue weighted by molar-refractivity contribution is 7.22. The lowest BCUT2D eigenvalue weighted by Crippen LogP contribution is -3.12. The van der Waals surface area contributed by atoms with Gasteiger partial charge in [-0.2, -0.15) is 0 Å². The summed E-state index contributed by atoms with van der Waals surface area (Å²) in [7, 11) is 1.62. The number of anilines is 1. The number of carbonyl (C=O) groups excluding carboxylic acids is 1. The van der Waals surface area contributed by atoms with Gasteiger partial charge in [0.15, 0.2) is 5.13 Å². The number of hydrogen-bond acceptors (Lipinski definition) is 4. The molecule has 2 aromatic carbocycles. The van der Waals surface area contributed by atoms with Crippen LogP contribution in [0.2, 0.25) is 0 Å². The Labute approximate surface area is 174 Å². The minimum Gasteiger partial charge on any atom is -0.494 e. The third-order valence-electron chi connectivity index (χ3n) is 5.17. The number of halogens is 1. The lowest BCUT2D eigenvalue weighted by molar-refractivity contribution is -0.894. The number of carbonyl (C=O) groups is 1. The zero-order valence-corrected chi connectivity index (χ0v) is 18.1. The van der Waals surface area contributed by atoms with Gasteiger partial charge in [-0.3, -0.25) is 9.69 Å². The van der Waals surface area contributed by atoms with Gasteiger partial charge in [-0.15, -0.1) is 0 Å². The van der Waals surface area contributed by atoms with Crippen molar-refractivity contribution in [1.82, 2.24) is 4.98 Å². The second-order valence-corrected chi connectivity index (χ2v) is 7.91. The number of thiazole rings is 1. The SMILES string of the molecule is CC[NH+](CC)CCN(C(=O)c1ccc(F)cc1)c1nc2c(OC)ccc(C)c2s1. The Morgan fingerprint density at radius 3 is 2.48 bits per heavy atom. The molecule has 0 aliphatic carbocycles. The van der Waals surface area contributed by atoms with E-state index in [4.69, 9.17) is 9.72 Å². The summed E-state index contributed by atoms with van der Waals surface area (Å²) in [6, 6.07) is 9.56. The summed E-state index contributed by atoms with van der Waals surface area (Å²) in [4.78, 5) is 21.2. The first-order valence-corrected chi connectivity index (χ1v) is 10.6. The highest BCUT2D eigenvalue weighted by Crippen LogP contribution is 2.36. The zero-order chi connectivity index (χ0) is 21.0. The first kappa shape index (κ1) is 21.2. The van der Waals surface area contributed by atoms with E-state index in [9.17, 15) is 9.18 Å². The molecule has 0 saturated carbocycles. The number of aromatic nitrogens is 1. The van der Waals surface area contributed by atoms with Crippen molar-refractivity contribution in [2.45, 2.75) is 20.8 Å². The first-order chi connectivity index (χ1) is 14.0. The van der Waals surface area contributed by atoms with Crippen molar-refractivity contribution in [2.24, 2.45) is 0 Å². The van der Waals surface area contributed by atoms with E-state index in [2.05, 4.69) is 13.8 Å². The first-order valence-electron chi connectivity index (χ1n) is 9.83. The van der Waals surface area contributed by atoms with Crippen molar-refractivity contribution in [2.75, 3.05) is 38.2 Å². The molecule has 0 radical (unpaired) electrons. The Hall–Kier alpha value is -2.51. The van der Waals surface area contributed by atoms with Crippen LogP contribution in [-0.4, -0.2) is 44.2 Å². The molecule has 3 aromatic rings. The van der Waals surface area contributed by atoms with Gasteiger partial charge < -0.3 is 9.64 Å². The molecule has 0 spiro atoms. The normalized spacial score (nSPS) is 11.2. The van der Waals surface area contributed by atoms with Gasteiger partial charge in [0.2, 0.25) is 0 Å². The van der Waals surface area contributed by atoms with Crippen LogP contribution in [0.3, 0.4) is 0 Å². The number of benzene rings is 2. The molecular formula is C22H27FN3O2S+. The van der Waals surface area contributed by atoms with Crippen LogP contribution in [0.4, 0.5) is 9.52 Å². The fourth-order valence-corrected chi connectivity index (χ4v) is 4.36. The molecule has 0 saturated heterocycles. The van der Waals surface area contributed by atoms with E-state index in [1.807, 2.05) is 19.1 Å². The van der Waals surface area contributed by atoms with Gasteiger partial charge >= 0.3 is 0 Å². The van der Waals surface area contributed by atoms with E-state index in [0.717, 1.165) is 35.4 Å². The van der Waals surface area contributed by atoms with Crippen LogP contribution in [0.25, 0.3) is 10.2 Å². The molecule has 3 rings (SSSR count). The van der Waals surface area contributed by atoms with Crippen molar-refractivity contribution >= 4 is 32.6 Å². The summed E-state index contributed by atoms with van der Waals surface area (Å²) < 4.78 is 19.8. The van der Waals surface area contributed by atoms with E-state index >= 15 is 0 Å². The molecule has 7 heteroatoms. The summed E-state index contributed by atoms with van der Waals surface area (Å²) >= 11 is 1.49. The summed E-state index contributed by atoms with van der Waals surface area (Å²) in [6.07, 6.45) is 0. The van der Waals surface area contributed by atoms with E-state index < -0.39 is 0 Å². The lowest BCUT2D eigenvalue weighted by Gasteiger charge is -2.23. The van der Waals surface area contributed by atoms with E-state index in [1.165, 1.54) is 40.5 Å². The highest BCUT2D eigenvalue weighted by Gasteiger charge is 2.24. The number of aryl methyl sites for hydroxylation is 1. The lowest BCUT2D eigenvalue weighted by atomic mass is 10.2. The highest BCUT2D eigenvalue weighted by atomic mass is 32.1. The summed E-state index contributed by atoms with van der Waals surface area (Å²) in [6.45, 7) is 9.62. The van der Waals surface area contributed by atoms with Gasteiger partial charge in [0, 0.05) is 5.56 Å². The molecule has 1 aromatic heterocycles. The second-order valence-electron chi connectivity index (χ2n) is 6.93. The van der Waals surface area contributed by atoms with Gasteiger partial charge in [-0.25, -0.2) is 9.37 Å². The number of likely N-dealkylation sites (N-methyl/N-ethyl adjacent to an activating group) is 1. The zero-order valence-electron chi connectivity index (χ0n) is 17.3. The fraction of sp³-hybridized carbons (Fsp3) is 0.364. The molecule has 5 nitrogen and oxygen atoms in total. The largest absolute Gasteiger partial charge is 0.494 e. The van der Waals surface area contributed by atoms with E-state index in [-0.39, 0.29) is 11.7 Å². The molecule has 1 heterocycles. The Morgan fingerprint density at radius 2 is 1.86 bits per heavy atom. The predicted molar refractivity (Wildman–Crippen MR) is 116 cm³/mol. The van der Waals surface area contributed by atoms with Crippen LogP contribution in [0.5, 0.6) is 5.75 Å². The molecule has 0 bridgehead atoms. The van der Waals surface area contributed by atoms with Crippen LogP contribution in [0.15, 0.2) is 36.4 Å². The number of nitrogens with one attached hydrogen (secondary N) is 1. The van der Waals surface area contributed by atoms with Crippen LogP contribution in [-0.2, 0) is 0 Å². The third-order valence-corrected chi connectivity index (χ3v) is 6.38. The van der Waals surface area contributed by atoms with Crippen molar-refractivity contribution < 1.29 is 18.8 Å². The fourth-order valence-electron chi connectivity index (χ4n) is 3.28. The minimum atomic E-state index is -0.360. The minimum absolute atomic E-state index is 0.174. The quantitative estimate of drug-likeness (QED) is 0.613. The van der Waals surface area contributed by atoms with E-state index in [1.54, 1.807) is 12.0 Å². The maximum absolute atomic E-state index is 13.3. The molecule has 29 heavy (non-hydrogen) atoms. The smallest absolute Gasteiger partial charge is 0.260 e. The molecule has 0 atom stereocenters. The van der Waals surface area contributed by atoms with Gasteiger partial charge in [-0.05, 0) is 56.7 Å². The number of quaternary nitrogens is 1. The van der Waals surface area contributed by atoms with Crippen LogP contribution in [0.1, 0.15) is 29.8 Å². The number of amides is 1. The predicted octanol–water partition coefficient (Wildman–Crippen LogP) is 3.32. The maximum Gasteiger partial charge on any atom is 0.260 e. The summed E-state index contributed by atoms with van der Waals surface area (Å²) in [5.41, 5.74) is 2.30. The van der Waals surface area contributed by atoms with Gasteiger partial charge in [0.25, 0.3) is 5.91 Å². The van der Waals surface area contributed by atoms with E-state index in [0.29, 0.717) is 23.0 Å². The average Bonchev–Trinajstić information content (AvgIpc) is 3.18. The number of hydrogen-bond donors (Lipinski definition) is 1. The Balaban J connectivity index is 2.02. The Bertz CT molecular complexity index is 984. The molecular weight excluding hydrogens is 389 g/mol. The molecule has 0 fully saturated rings. The molecule has 1 N–H and O–H groups in total.